The van der Waals surface area contributed by atoms with Gasteiger partial charge in [0.05, 0.1) is 17.8 Å². The highest BCUT2D eigenvalue weighted by molar-refractivity contribution is 7.07. The van der Waals surface area contributed by atoms with Gasteiger partial charge in [0.25, 0.3) is 0 Å². The summed E-state index contributed by atoms with van der Waals surface area (Å²) in [6.07, 6.45) is 0. The van der Waals surface area contributed by atoms with Gasteiger partial charge in [-0.2, -0.15) is 0 Å². The Kier molecular flexibility index (Phi) is 4.55. The van der Waals surface area contributed by atoms with Gasteiger partial charge in [0, 0.05) is 11.9 Å². The van der Waals surface area contributed by atoms with Crippen molar-refractivity contribution in [3.8, 4) is 11.5 Å². The first-order valence-electron chi connectivity index (χ1n) is 5.79. The zero-order valence-electron chi connectivity index (χ0n) is 10.3. The molecule has 1 aromatic carbocycles. The molecule has 18 heavy (non-hydrogen) atoms. The smallest absolute Gasteiger partial charge is 0.161 e. The molecule has 0 aliphatic rings. The van der Waals surface area contributed by atoms with Crippen LogP contribution >= 0.6 is 11.3 Å². The van der Waals surface area contributed by atoms with Crippen LogP contribution in [0.2, 0.25) is 0 Å². The maximum atomic E-state index is 5.71. The Hall–Kier alpha value is -1.59. The van der Waals surface area contributed by atoms with Crippen LogP contribution in [0.15, 0.2) is 29.1 Å². The first-order valence-corrected chi connectivity index (χ1v) is 6.73. The van der Waals surface area contributed by atoms with Crippen molar-refractivity contribution in [3.05, 3.63) is 40.3 Å². The number of aromatic nitrogens is 1. The van der Waals surface area contributed by atoms with Crippen LogP contribution in [0.5, 0.6) is 11.5 Å². The van der Waals surface area contributed by atoms with E-state index in [0.717, 1.165) is 22.8 Å². The lowest BCUT2D eigenvalue weighted by Gasteiger charge is -2.12. The lowest BCUT2D eigenvalue weighted by atomic mass is 10.2. The van der Waals surface area contributed by atoms with Gasteiger partial charge in [0.1, 0.15) is 6.61 Å². The summed E-state index contributed by atoms with van der Waals surface area (Å²) in [4.78, 5) is 4.17. The molecule has 5 heteroatoms. The van der Waals surface area contributed by atoms with Crippen molar-refractivity contribution in [1.82, 2.24) is 4.98 Å². The van der Waals surface area contributed by atoms with Crippen LogP contribution in [-0.4, -0.2) is 11.6 Å². The van der Waals surface area contributed by atoms with Crippen LogP contribution in [0.25, 0.3) is 0 Å². The summed E-state index contributed by atoms with van der Waals surface area (Å²) in [5, 5.41) is 1.97. The fourth-order valence-corrected chi connectivity index (χ4v) is 2.07. The van der Waals surface area contributed by atoms with E-state index in [-0.39, 0.29) is 0 Å². The van der Waals surface area contributed by atoms with Crippen molar-refractivity contribution < 1.29 is 9.47 Å². The molecule has 0 fully saturated rings. The summed E-state index contributed by atoms with van der Waals surface area (Å²) in [7, 11) is 0. The molecule has 1 heterocycles. The maximum absolute atomic E-state index is 5.71. The Morgan fingerprint density at radius 3 is 2.83 bits per heavy atom. The minimum atomic E-state index is 0.450. The molecule has 0 radical (unpaired) electrons. The van der Waals surface area contributed by atoms with E-state index >= 15 is 0 Å². The van der Waals surface area contributed by atoms with Gasteiger partial charge in [-0.15, -0.1) is 11.3 Å². The number of hydrogen-bond donors (Lipinski definition) is 1. The molecule has 0 atom stereocenters. The number of rotatable bonds is 6. The minimum Gasteiger partial charge on any atom is -0.490 e. The Morgan fingerprint density at radius 2 is 2.17 bits per heavy atom. The van der Waals surface area contributed by atoms with Crippen molar-refractivity contribution in [2.45, 2.75) is 20.1 Å². The lowest BCUT2D eigenvalue weighted by molar-refractivity contribution is 0.266. The molecule has 0 amide bonds. The number of thiazole rings is 1. The van der Waals surface area contributed by atoms with E-state index in [1.165, 1.54) is 0 Å². The van der Waals surface area contributed by atoms with Gasteiger partial charge in [-0.1, -0.05) is 6.07 Å². The normalized spacial score (nSPS) is 10.3. The quantitative estimate of drug-likeness (QED) is 0.871. The van der Waals surface area contributed by atoms with Crippen LogP contribution in [-0.2, 0) is 13.2 Å². The van der Waals surface area contributed by atoms with Gasteiger partial charge in [-0.25, -0.2) is 4.98 Å². The van der Waals surface area contributed by atoms with Crippen LogP contribution < -0.4 is 15.2 Å². The molecule has 0 bridgehead atoms. The second-order valence-electron chi connectivity index (χ2n) is 3.69. The number of hydrogen-bond acceptors (Lipinski definition) is 5. The van der Waals surface area contributed by atoms with E-state index in [9.17, 15) is 0 Å². The first kappa shape index (κ1) is 12.9. The van der Waals surface area contributed by atoms with Gasteiger partial charge in [0.2, 0.25) is 0 Å². The Balaban J connectivity index is 2.10. The van der Waals surface area contributed by atoms with Crippen LogP contribution in [0, 0.1) is 0 Å². The zero-order chi connectivity index (χ0) is 12.8. The van der Waals surface area contributed by atoms with Gasteiger partial charge in [-0.3, -0.25) is 0 Å². The topological polar surface area (TPSA) is 57.4 Å². The predicted octanol–water partition coefficient (Wildman–Crippen LogP) is 2.58. The van der Waals surface area contributed by atoms with E-state index in [1.807, 2.05) is 30.5 Å². The third-order valence-electron chi connectivity index (χ3n) is 2.40. The fourth-order valence-electron chi connectivity index (χ4n) is 1.53. The van der Waals surface area contributed by atoms with Gasteiger partial charge in [0.15, 0.2) is 11.5 Å². The highest BCUT2D eigenvalue weighted by Gasteiger charge is 2.07. The molecule has 2 aromatic rings. The maximum Gasteiger partial charge on any atom is 0.161 e. The molecule has 0 unspecified atom stereocenters. The summed E-state index contributed by atoms with van der Waals surface area (Å²) in [6, 6.07) is 5.75. The van der Waals surface area contributed by atoms with Crippen LogP contribution in [0.3, 0.4) is 0 Å². The first-order chi connectivity index (χ1) is 8.83. The van der Waals surface area contributed by atoms with Crippen molar-refractivity contribution in [3.63, 3.8) is 0 Å². The molecule has 2 rings (SSSR count). The molecule has 2 N–H and O–H groups in total. The highest BCUT2D eigenvalue weighted by Crippen LogP contribution is 2.29. The van der Waals surface area contributed by atoms with E-state index in [0.29, 0.717) is 19.8 Å². The summed E-state index contributed by atoms with van der Waals surface area (Å²) < 4.78 is 11.3. The second kappa shape index (κ2) is 6.37. The summed E-state index contributed by atoms with van der Waals surface area (Å²) in [5.74, 6) is 1.46. The fraction of sp³-hybridized carbons (Fsp3) is 0.308. The molecule has 4 nitrogen and oxygen atoms in total. The summed E-state index contributed by atoms with van der Waals surface area (Å²) in [5.41, 5.74) is 9.35. The van der Waals surface area contributed by atoms with Gasteiger partial charge >= 0.3 is 0 Å². The molecular weight excluding hydrogens is 248 g/mol. The molecule has 0 aliphatic heterocycles. The van der Waals surface area contributed by atoms with E-state index in [2.05, 4.69) is 4.98 Å². The number of ether oxygens (including phenoxy) is 2. The van der Waals surface area contributed by atoms with E-state index in [4.69, 9.17) is 15.2 Å². The van der Waals surface area contributed by atoms with Crippen LogP contribution in [0.4, 0.5) is 0 Å². The van der Waals surface area contributed by atoms with Crippen molar-refractivity contribution in [1.29, 1.82) is 0 Å². The molecule has 0 spiro atoms. The number of nitrogens with two attached hydrogens (primary N) is 1. The Labute approximate surface area is 110 Å². The number of nitrogens with zero attached hydrogens (tertiary/aromatic N) is 1. The van der Waals surface area contributed by atoms with Crippen LogP contribution in [0.1, 0.15) is 18.2 Å². The lowest BCUT2D eigenvalue weighted by Crippen LogP contribution is -2.02. The Morgan fingerprint density at radius 1 is 1.28 bits per heavy atom. The third-order valence-corrected chi connectivity index (χ3v) is 3.04. The molecule has 96 valence electrons. The average Bonchev–Trinajstić information content (AvgIpc) is 2.90. The molecule has 0 aliphatic carbocycles. The van der Waals surface area contributed by atoms with Gasteiger partial charge in [-0.05, 0) is 24.6 Å². The molecule has 1 aromatic heterocycles. The van der Waals surface area contributed by atoms with Gasteiger partial charge < -0.3 is 15.2 Å². The molecular formula is C13H16N2O2S. The van der Waals surface area contributed by atoms with E-state index in [1.54, 1.807) is 16.8 Å². The molecule has 0 saturated carbocycles. The standard InChI is InChI=1S/C13H16N2O2S/c1-2-16-13-5-10(6-14)3-4-12(13)17-7-11-8-18-9-15-11/h3-5,8-9H,2,6-7,14H2,1H3. The average molecular weight is 264 g/mol. The number of benzene rings is 1. The Bertz CT molecular complexity index is 486. The summed E-state index contributed by atoms with van der Waals surface area (Å²) >= 11 is 1.56. The van der Waals surface area contributed by atoms with Crippen molar-refractivity contribution in [2.75, 3.05) is 6.61 Å². The van der Waals surface area contributed by atoms with Crippen molar-refractivity contribution >= 4 is 11.3 Å². The highest BCUT2D eigenvalue weighted by atomic mass is 32.1. The monoisotopic (exact) mass is 264 g/mol. The zero-order valence-corrected chi connectivity index (χ0v) is 11.1. The van der Waals surface area contributed by atoms with Crippen molar-refractivity contribution in [2.24, 2.45) is 5.73 Å². The SMILES string of the molecule is CCOc1cc(CN)ccc1OCc1cscn1. The third kappa shape index (κ3) is 3.21. The predicted molar refractivity (Wildman–Crippen MR) is 71.9 cm³/mol. The largest absolute Gasteiger partial charge is 0.490 e. The minimum absolute atomic E-state index is 0.450. The van der Waals surface area contributed by atoms with E-state index < -0.39 is 0 Å². The molecule has 0 saturated heterocycles. The second-order valence-corrected chi connectivity index (χ2v) is 4.41. The summed E-state index contributed by atoms with van der Waals surface area (Å²) in [6.45, 7) is 3.48.